The molecule has 0 aliphatic heterocycles. The van der Waals surface area contributed by atoms with Crippen LogP contribution in [0.15, 0.2) is 42.5 Å². The molecule has 1 amide bonds. The van der Waals surface area contributed by atoms with Crippen LogP contribution in [0, 0.1) is 5.82 Å². The van der Waals surface area contributed by atoms with Crippen molar-refractivity contribution in [3.05, 3.63) is 69.5 Å². The highest BCUT2D eigenvalue weighted by atomic mass is 35.5. The molecule has 0 aliphatic rings. The molecule has 1 atom stereocenters. The number of carbonyl (C=O) groups is 1. The van der Waals surface area contributed by atoms with Crippen molar-refractivity contribution in [3.8, 4) is 0 Å². The summed E-state index contributed by atoms with van der Waals surface area (Å²) < 4.78 is 13.7. The van der Waals surface area contributed by atoms with Crippen LogP contribution in [-0.4, -0.2) is 17.6 Å². The second-order valence-electron chi connectivity index (χ2n) is 5.06. The van der Waals surface area contributed by atoms with Crippen LogP contribution in [0.2, 0.25) is 10.0 Å². The zero-order valence-electron chi connectivity index (χ0n) is 11.7. The van der Waals surface area contributed by atoms with E-state index in [0.717, 1.165) is 6.07 Å². The van der Waals surface area contributed by atoms with Crippen LogP contribution in [0.3, 0.4) is 0 Å². The third-order valence-corrected chi connectivity index (χ3v) is 3.82. The molecule has 0 aromatic heterocycles. The van der Waals surface area contributed by atoms with Gasteiger partial charge >= 0.3 is 0 Å². The second kappa shape index (κ2) is 6.65. The van der Waals surface area contributed by atoms with Gasteiger partial charge in [-0.15, -0.1) is 0 Å². The van der Waals surface area contributed by atoms with Gasteiger partial charge in [-0.05, 0) is 36.8 Å². The first-order chi connectivity index (χ1) is 10.3. The molecule has 2 rings (SSSR count). The molecule has 22 heavy (non-hydrogen) atoms. The van der Waals surface area contributed by atoms with Crippen LogP contribution in [0.1, 0.15) is 22.8 Å². The molecule has 116 valence electrons. The maximum atomic E-state index is 13.7. The van der Waals surface area contributed by atoms with Crippen LogP contribution in [0.4, 0.5) is 4.39 Å². The van der Waals surface area contributed by atoms with E-state index in [-0.39, 0.29) is 17.1 Å². The maximum Gasteiger partial charge on any atom is 0.255 e. The first-order valence-corrected chi connectivity index (χ1v) is 7.27. The maximum absolute atomic E-state index is 13.7. The first kappa shape index (κ1) is 16.7. The zero-order chi connectivity index (χ0) is 16.3. The first-order valence-electron chi connectivity index (χ1n) is 6.52. The Hall–Kier alpha value is -1.62. The topological polar surface area (TPSA) is 49.3 Å². The Morgan fingerprint density at radius 3 is 2.45 bits per heavy atom. The van der Waals surface area contributed by atoms with Gasteiger partial charge in [-0.3, -0.25) is 4.79 Å². The Morgan fingerprint density at radius 2 is 1.86 bits per heavy atom. The largest absolute Gasteiger partial charge is 0.384 e. The molecule has 2 aromatic carbocycles. The van der Waals surface area contributed by atoms with Gasteiger partial charge in [0, 0.05) is 5.02 Å². The molecule has 0 aliphatic carbocycles. The third-order valence-electron chi connectivity index (χ3n) is 3.25. The number of carbonyl (C=O) groups excluding carboxylic acids is 1. The van der Waals surface area contributed by atoms with Crippen molar-refractivity contribution in [2.45, 2.75) is 12.5 Å². The van der Waals surface area contributed by atoms with Gasteiger partial charge in [0.25, 0.3) is 5.91 Å². The third kappa shape index (κ3) is 3.77. The average Bonchev–Trinajstić information content (AvgIpc) is 2.45. The lowest BCUT2D eigenvalue weighted by Crippen LogP contribution is -2.39. The Labute approximate surface area is 137 Å². The van der Waals surface area contributed by atoms with Crippen molar-refractivity contribution < 1.29 is 14.3 Å². The number of halogens is 3. The van der Waals surface area contributed by atoms with E-state index in [9.17, 15) is 14.3 Å². The predicted molar refractivity (Wildman–Crippen MR) is 84.8 cm³/mol. The number of aliphatic hydroxyl groups is 1. The van der Waals surface area contributed by atoms with Gasteiger partial charge in [0.1, 0.15) is 11.4 Å². The number of hydrogen-bond donors (Lipinski definition) is 2. The Bertz CT molecular complexity index is 667. The molecule has 0 fully saturated rings. The molecule has 0 saturated carbocycles. The van der Waals surface area contributed by atoms with Crippen molar-refractivity contribution in [2.75, 3.05) is 6.54 Å². The minimum atomic E-state index is -1.32. The number of amides is 1. The standard InChI is InChI=1S/C16H14Cl2FNO2/c1-16(22,10-5-7-11(17)8-6-10)9-20-15(21)14-12(18)3-2-4-13(14)19/h2-8,22H,9H2,1H3,(H,20,21). The van der Waals surface area contributed by atoms with Crippen LogP contribution in [0.25, 0.3) is 0 Å². The van der Waals surface area contributed by atoms with Crippen molar-refractivity contribution in [1.82, 2.24) is 5.32 Å². The zero-order valence-corrected chi connectivity index (χ0v) is 13.2. The summed E-state index contributed by atoms with van der Waals surface area (Å²) in [6.07, 6.45) is 0. The van der Waals surface area contributed by atoms with Crippen LogP contribution >= 0.6 is 23.2 Å². The molecule has 6 heteroatoms. The normalized spacial score (nSPS) is 13.5. The monoisotopic (exact) mass is 341 g/mol. The molecule has 2 N–H and O–H groups in total. The fourth-order valence-corrected chi connectivity index (χ4v) is 2.34. The summed E-state index contributed by atoms with van der Waals surface area (Å²) in [5, 5.41) is 13.5. The number of nitrogens with one attached hydrogen (secondary N) is 1. The van der Waals surface area contributed by atoms with E-state index in [1.165, 1.54) is 12.1 Å². The molecular weight excluding hydrogens is 328 g/mol. The van der Waals surface area contributed by atoms with E-state index < -0.39 is 17.3 Å². The summed E-state index contributed by atoms with van der Waals surface area (Å²) in [4.78, 5) is 12.1. The molecule has 0 saturated heterocycles. The minimum absolute atomic E-state index is 0.0173. The molecule has 0 spiro atoms. The lowest BCUT2D eigenvalue weighted by molar-refractivity contribution is 0.0525. The smallest absolute Gasteiger partial charge is 0.255 e. The summed E-state index contributed by atoms with van der Waals surface area (Å²) in [6, 6.07) is 10.6. The minimum Gasteiger partial charge on any atom is -0.384 e. The highest BCUT2D eigenvalue weighted by Gasteiger charge is 2.25. The molecular formula is C16H14Cl2FNO2. The van der Waals surface area contributed by atoms with Crippen molar-refractivity contribution >= 4 is 29.1 Å². The van der Waals surface area contributed by atoms with Gasteiger partial charge in [-0.25, -0.2) is 4.39 Å². The van der Waals surface area contributed by atoms with Gasteiger partial charge in [0.2, 0.25) is 0 Å². The summed E-state index contributed by atoms with van der Waals surface area (Å²) in [7, 11) is 0. The number of benzene rings is 2. The van der Waals surface area contributed by atoms with E-state index in [2.05, 4.69) is 5.32 Å². The van der Waals surface area contributed by atoms with E-state index >= 15 is 0 Å². The van der Waals surface area contributed by atoms with Gasteiger partial charge in [0.05, 0.1) is 17.1 Å². The van der Waals surface area contributed by atoms with E-state index in [0.29, 0.717) is 10.6 Å². The van der Waals surface area contributed by atoms with Crippen molar-refractivity contribution in [1.29, 1.82) is 0 Å². The molecule has 1 unspecified atom stereocenters. The van der Waals surface area contributed by atoms with Gasteiger partial charge in [0.15, 0.2) is 0 Å². The summed E-state index contributed by atoms with van der Waals surface area (Å²) >= 11 is 11.6. The van der Waals surface area contributed by atoms with Crippen LogP contribution in [0.5, 0.6) is 0 Å². The molecule has 0 radical (unpaired) electrons. The lowest BCUT2D eigenvalue weighted by Gasteiger charge is -2.24. The number of hydrogen-bond acceptors (Lipinski definition) is 2. The lowest BCUT2D eigenvalue weighted by atomic mass is 9.96. The Morgan fingerprint density at radius 1 is 1.23 bits per heavy atom. The summed E-state index contributed by atoms with van der Waals surface area (Å²) in [5.74, 6) is -1.39. The molecule has 0 heterocycles. The van der Waals surface area contributed by atoms with E-state index in [1.54, 1.807) is 31.2 Å². The van der Waals surface area contributed by atoms with Crippen molar-refractivity contribution in [2.24, 2.45) is 0 Å². The SMILES string of the molecule is CC(O)(CNC(=O)c1c(F)cccc1Cl)c1ccc(Cl)cc1. The van der Waals surface area contributed by atoms with Gasteiger partial charge in [-0.2, -0.15) is 0 Å². The predicted octanol–water partition coefficient (Wildman–Crippen LogP) is 3.77. The highest BCUT2D eigenvalue weighted by Crippen LogP contribution is 2.23. The fraction of sp³-hybridized carbons (Fsp3) is 0.188. The second-order valence-corrected chi connectivity index (χ2v) is 5.90. The Balaban J connectivity index is 2.11. The van der Waals surface area contributed by atoms with E-state index in [4.69, 9.17) is 23.2 Å². The van der Waals surface area contributed by atoms with E-state index in [1.807, 2.05) is 0 Å². The van der Waals surface area contributed by atoms with Crippen LogP contribution in [-0.2, 0) is 5.60 Å². The van der Waals surface area contributed by atoms with Crippen LogP contribution < -0.4 is 5.32 Å². The summed E-state index contributed by atoms with van der Waals surface area (Å²) in [6.45, 7) is 1.44. The quantitative estimate of drug-likeness (QED) is 0.889. The highest BCUT2D eigenvalue weighted by molar-refractivity contribution is 6.33. The fourth-order valence-electron chi connectivity index (χ4n) is 1.97. The summed E-state index contributed by atoms with van der Waals surface area (Å²) in [5.41, 5.74) is -0.981. The molecule has 3 nitrogen and oxygen atoms in total. The number of rotatable bonds is 4. The molecule has 2 aromatic rings. The Kier molecular flexibility index (Phi) is 5.06. The van der Waals surface area contributed by atoms with Gasteiger partial charge < -0.3 is 10.4 Å². The van der Waals surface area contributed by atoms with Gasteiger partial charge in [-0.1, -0.05) is 41.4 Å². The molecule has 0 bridgehead atoms. The van der Waals surface area contributed by atoms with Crippen molar-refractivity contribution in [3.63, 3.8) is 0 Å². The average molecular weight is 342 g/mol.